The van der Waals surface area contributed by atoms with E-state index in [9.17, 15) is 0 Å². The largest absolute Gasteiger partial charge is 0.496 e. The van der Waals surface area contributed by atoms with Gasteiger partial charge in [0.1, 0.15) is 5.75 Å². The number of ether oxygens (including phenoxy) is 1. The van der Waals surface area contributed by atoms with Crippen molar-refractivity contribution in [3.05, 3.63) is 29.3 Å². The van der Waals surface area contributed by atoms with Crippen LogP contribution in [0.2, 0.25) is 0 Å². The molecule has 16 heavy (non-hydrogen) atoms. The highest BCUT2D eigenvalue weighted by molar-refractivity contribution is 5.41. The second kappa shape index (κ2) is 4.10. The summed E-state index contributed by atoms with van der Waals surface area (Å²) in [6.45, 7) is 8.99. The van der Waals surface area contributed by atoms with Gasteiger partial charge < -0.3 is 4.74 Å². The van der Waals surface area contributed by atoms with Crippen LogP contribution in [-0.2, 0) is 13.0 Å². The van der Waals surface area contributed by atoms with E-state index < -0.39 is 0 Å². The predicted molar refractivity (Wildman–Crippen MR) is 66.9 cm³/mol. The van der Waals surface area contributed by atoms with Crippen molar-refractivity contribution in [3.63, 3.8) is 0 Å². The summed E-state index contributed by atoms with van der Waals surface area (Å²) in [5.74, 6) is 1.05. The molecule has 2 rings (SSSR count). The number of nitrogens with zero attached hydrogens (tertiary/aromatic N) is 1. The van der Waals surface area contributed by atoms with E-state index in [1.807, 2.05) is 0 Å². The third kappa shape index (κ3) is 2.07. The van der Waals surface area contributed by atoms with Crippen LogP contribution in [0.5, 0.6) is 5.75 Å². The third-order valence-electron chi connectivity index (χ3n) is 3.39. The zero-order valence-corrected chi connectivity index (χ0v) is 10.7. The van der Waals surface area contributed by atoms with Crippen molar-refractivity contribution in [2.24, 2.45) is 0 Å². The van der Waals surface area contributed by atoms with E-state index in [1.165, 1.54) is 11.1 Å². The SMILES string of the molecule is COc1cccc2c1CCN(C(C)(C)C)C2. The third-order valence-corrected chi connectivity index (χ3v) is 3.39. The van der Waals surface area contributed by atoms with E-state index in [4.69, 9.17) is 4.74 Å². The maximum Gasteiger partial charge on any atom is 0.122 e. The van der Waals surface area contributed by atoms with Gasteiger partial charge in [-0.3, -0.25) is 4.90 Å². The van der Waals surface area contributed by atoms with Crippen LogP contribution >= 0.6 is 0 Å². The van der Waals surface area contributed by atoms with Crippen molar-refractivity contribution >= 4 is 0 Å². The van der Waals surface area contributed by atoms with Crippen molar-refractivity contribution in [2.75, 3.05) is 13.7 Å². The Morgan fingerprint density at radius 1 is 1.25 bits per heavy atom. The van der Waals surface area contributed by atoms with E-state index in [1.54, 1.807) is 7.11 Å². The Hall–Kier alpha value is -1.02. The Balaban J connectivity index is 2.28. The molecule has 1 aromatic carbocycles. The number of benzene rings is 1. The molecule has 1 aliphatic heterocycles. The zero-order valence-electron chi connectivity index (χ0n) is 10.7. The average Bonchev–Trinajstić information content (AvgIpc) is 2.26. The molecule has 0 radical (unpaired) electrons. The van der Waals surface area contributed by atoms with E-state index in [2.05, 4.69) is 43.9 Å². The molecule has 0 saturated carbocycles. The fraction of sp³-hybridized carbons (Fsp3) is 0.571. The van der Waals surface area contributed by atoms with Crippen LogP contribution < -0.4 is 4.74 Å². The van der Waals surface area contributed by atoms with E-state index in [0.717, 1.165) is 25.3 Å². The minimum absolute atomic E-state index is 0.251. The second-order valence-electron chi connectivity index (χ2n) is 5.44. The maximum absolute atomic E-state index is 5.41. The highest BCUT2D eigenvalue weighted by Crippen LogP contribution is 2.30. The molecule has 0 amide bonds. The number of fused-ring (bicyclic) bond motifs is 1. The van der Waals surface area contributed by atoms with Gasteiger partial charge in [0, 0.05) is 18.6 Å². The van der Waals surface area contributed by atoms with Gasteiger partial charge in [-0.1, -0.05) is 12.1 Å². The Morgan fingerprint density at radius 2 is 2.00 bits per heavy atom. The number of rotatable bonds is 1. The zero-order chi connectivity index (χ0) is 11.8. The van der Waals surface area contributed by atoms with Crippen LogP contribution in [0.15, 0.2) is 18.2 Å². The first-order valence-corrected chi connectivity index (χ1v) is 5.92. The standard InChI is InChI=1S/C14H21NO/c1-14(2,3)15-9-8-12-11(10-15)6-5-7-13(12)16-4/h5-7H,8-10H2,1-4H3. The Bertz CT molecular complexity index is 379. The highest BCUT2D eigenvalue weighted by atomic mass is 16.5. The van der Waals surface area contributed by atoms with Crippen molar-refractivity contribution in [1.82, 2.24) is 4.90 Å². The summed E-state index contributed by atoms with van der Waals surface area (Å²) in [5.41, 5.74) is 3.06. The molecule has 2 nitrogen and oxygen atoms in total. The molecule has 0 unspecified atom stereocenters. The Kier molecular flexibility index (Phi) is 2.94. The Labute approximate surface area is 98.2 Å². The van der Waals surface area contributed by atoms with Gasteiger partial charge in [-0.15, -0.1) is 0 Å². The summed E-state index contributed by atoms with van der Waals surface area (Å²) >= 11 is 0. The van der Waals surface area contributed by atoms with Gasteiger partial charge >= 0.3 is 0 Å². The molecule has 0 N–H and O–H groups in total. The van der Waals surface area contributed by atoms with Gasteiger partial charge in [-0.2, -0.15) is 0 Å². The normalized spacial score (nSPS) is 17.0. The van der Waals surface area contributed by atoms with E-state index in [0.29, 0.717) is 0 Å². The Morgan fingerprint density at radius 3 is 2.62 bits per heavy atom. The smallest absolute Gasteiger partial charge is 0.122 e. The quantitative estimate of drug-likeness (QED) is 0.720. The lowest BCUT2D eigenvalue weighted by atomic mass is 9.94. The van der Waals surface area contributed by atoms with Gasteiger partial charge in [0.2, 0.25) is 0 Å². The molecular formula is C14H21NO. The van der Waals surface area contributed by atoms with Gasteiger partial charge in [-0.05, 0) is 44.4 Å². The molecule has 0 spiro atoms. The van der Waals surface area contributed by atoms with Gasteiger partial charge in [-0.25, -0.2) is 0 Å². The number of methoxy groups -OCH3 is 1. The highest BCUT2D eigenvalue weighted by Gasteiger charge is 2.26. The molecule has 1 heterocycles. The monoisotopic (exact) mass is 219 g/mol. The summed E-state index contributed by atoms with van der Waals surface area (Å²) in [4.78, 5) is 2.52. The number of hydrogen-bond donors (Lipinski definition) is 0. The second-order valence-corrected chi connectivity index (χ2v) is 5.44. The van der Waals surface area contributed by atoms with Crippen LogP contribution in [0.3, 0.4) is 0 Å². The summed E-state index contributed by atoms with van der Waals surface area (Å²) in [6.07, 6.45) is 1.09. The fourth-order valence-corrected chi connectivity index (χ4v) is 2.34. The van der Waals surface area contributed by atoms with Crippen molar-refractivity contribution < 1.29 is 4.74 Å². The lowest BCUT2D eigenvalue weighted by molar-refractivity contribution is 0.120. The molecule has 88 valence electrons. The maximum atomic E-state index is 5.41. The van der Waals surface area contributed by atoms with Crippen LogP contribution in [0, 0.1) is 0 Å². The molecule has 1 aliphatic rings. The molecular weight excluding hydrogens is 198 g/mol. The van der Waals surface area contributed by atoms with Crippen molar-refractivity contribution in [2.45, 2.75) is 39.3 Å². The molecule has 0 bridgehead atoms. The molecule has 0 aliphatic carbocycles. The van der Waals surface area contributed by atoms with Gasteiger partial charge in [0.15, 0.2) is 0 Å². The average molecular weight is 219 g/mol. The van der Waals surface area contributed by atoms with Crippen molar-refractivity contribution in [3.8, 4) is 5.75 Å². The molecule has 1 aromatic rings. The summed E-state index contributed by atoms with van der Waals surface area (Å²) in [6, 6.07) is 6.37. The number of hydrogen-bond acceptors (Lipinski definition) is 2. The van der Waals surface area contributed by atoms with Crippen LogP contribution in [0.4, 0.5) is 0 Å². The summed E-state index contributed by atoms with van der Waals surface area (Å²) < 4.78 is 5.41. The minimum Gasteiger partial charge on any atom is -0.496 e. The molecule has 0 fully saturated rings. The van der Waals surface area contributed by atoms with Crippen LogP contribution in [0.1, 0.15) is 31.9 Å². The van der Waals surface area contributed by atoms with E-state index >= 15 is 0 Å². The molecule has 2 heteroatoms. The summed E-state index contributed by atoms with van der Waals surface area (Å²) in [7, 11) is 1.76. The molecule has 0 atom stereocenters. The topological polar surface area (TPSA) is 12.5 Å². The first kappa shape index (κ1) is 11.5. The van der Waals surface area contributed by atoms with Crippen LogP contribution in [0.25, 0.3) is 0 Å². The summed E-state index contributed by atoms with van der Waals surface area (Å²) in [5, 5.41) is 0. The predicted octanol–water partition coefficient (Wildman–Crippen LogP) is 2.85. The molecule has 0 aromatic heterocycles. The minimum atomic E-state index is 0.251. The van der Waals surface area contributed by atoms with Gasteiger partial charge in [0.25, 0.3) is 0 Å². The first-order valence-electron chi connectivity index (χ1n) is 5.92. The first-order chi connectivity index (χ1) is 7.52. The van der Waals surface area contributed by atoms with E-state index in [-0.39, 0.29) is 5.54 Å². The van der Waals surface area contributed by atoms with Crippen molar-refractivity contribution in [1.29, 1.82) is 0 Å². The fourth-order valence-electron chi connectivity index (χ4n) is 2.34. The lowest BCUT2D eigenvalue weighted by Crippen LogP contribution is -2.44. The molecule has 0 saturated heterocycles. The van der Waals surface area contributed by atoms with Gasteiger partial charge in [0.05, 0.1) is 7.11 Å². The lowest BCUT2D eigenvalue weighted by Gasteiger charge is -2.39. The van der Waals surface area contributed by atoms with Crippen LogP contribution in [-0.4, -0.2) is 24.1 Å².